The van der Waals surface area contributed by atoms with Crippen LogP contribution in [0.3, 0.4) is 0 Å². The van der Waals surface area contributed by atoms with Crippen LogP contribution in [-0.4, -0.2) is 34.4 Å². The Hall–Kier alpha value is -1.93. The van der Waals surface area contributed by atoms with Gasteiger partial charge in [-0.3, -0.25) is 4.79 Å². The molecule has 154 valence electrons. The lowest BCUT2D eigenvalue weighted by Gasteiger charge is -2.57. The van der Waals surface area contributed by atoms with Gasteiger partial charge in [0.2, 0.25) is 11.8 Å². The number of rotatable bonds is 6. The first-order valence-electron chi connectivity index (χ1n) is 8.64. The van der Waals surface area contributed by atoms with Gasteiger partial charge in [-0.05, 0) is 25.1 Å². The highest BCUT2D eigenvalue weighted by Gasteiger charge is 2.62. The average Bonchev–Trinajstić information content (AvgIpc) is 2.62. The van der Waals surface area contributed by atoms with E-state index in [-0.39, 0.29) is 36.8 Å². The molecular formula is C19H26Cl2N4O3. The molecule has 7 nitrogen and oxygen atoms in total. The summed E-state index contributed by atoms with van der Waals surface area (Å²) in [5.41, 5.74) is 5.60. The van der Waals surface area contributed by atoms with Crippen molar-refractivity contribution in [2.45, 2.75) is 38.8 Å². The van der Waals surface area contributed by atoms with E-state index in [9.17, 15) is 4.79 Å². The van der Waals surface area contributed by atoms with Gasteiger partial charge in [-0.15, -0.1) is 29.9 Å². The van der Waals surface area contributed by atoms with Gasteiger partial charge < -0.3 is 20.5 Å². The fraction of sp³-hybridized carbons (Fsp3) is 0.421. The number of nitrogens with zero attached hydrogens (tertiary/aromatic N) is 2. The van der Waals surface area contributed by atoms with Crippen LogP contribution in [0.1, 0.15) is 27.2 Å². The summed E-state index contributed by atoms with van der Waals surface area (Å²) in [6, 6.07) is 10.5. The summed E-state index contributed by atoms with van der Waals surface area (Å²) in [5, 5.41) is 10.5. The smallest absolute Gasteiger partial charge is 0.245 e. The molecule has 0 aliphatic heterocycles. The topological polar surface area (TPSA) is 99.4 Å². The number of halogens is 2. The minimum Gasteiger partial charge on any atom is -0.437 e. The Kier molecular flexibility index (Phi) is 8.19. The molecule has 1 amide bonds. The summed E-state index contributed by atoms with van der Waals surface area (Å²) in [5.74, 6) is 0.704. The Balaban J connectivity index is 0.00000196. The zero-order valence-corrected chi connectivity index (χ0v) is 17.7. The fourth-order valence-electron chi connectivity index (χ4n) is 3.16. The number of ether oxygens (including phenoxy) is 2. The lowest BCUT2D eigenvalue weighted by molar-refractivity contribution is -0.166. The van der Waals surface area contributed by atoms with E-state index in [1.54, 1.807) is 42.6 Å². The van der Waals surface area contributed by atoms with Gasteiger partial charge in [0.05, 0.1) is 6.10 Å². The third kappa shape index (κ3) is 4.55. The summed E-state index contributed by atoms with van der Waals surface area (Å²) in [4.78, 5) is 12.8. The number of carbonyl (C=O) groups excluding carboxylic acids is 1. The molecule has 1 heterocycles. The van der Waals surface area contributed by atoms with Crippen LogP contribution in [-0.2, 0) is 9.53 Å². The van der Waals surface area contributed by atoms with E-state index in [1.165, 1.54) is 0 Å². The Labute approximate surface area is 177 Å². The minimum absolute atomic E-state index is 0. The van der Waals surface area contributed by atoms with E-state index in [1.807, 2.05) is 20.8 Å². The molecule has 1 aliphatic rings. The molecule has 1 fully saturated rings. The molecule has 2 aromatic rings. The molecule has 2 atom stereocenters. The lowest BCUT2D eigenvalue weighted by atomic mass is 9.54. The summed E-state index contributed by atoms with van der Waals surface area (Å²) in [7, 11) is 0. The van der Waals surface area contributed by atoms with Gasteiger partial charge in [0, 0.05) is 42.5 Å². The van der Waals surface area contributed by atoms with Crippen molar-refractivity contribution in [1.29, 1.82) is 0 Å². The maximum atomic E-state index is 12.8. The summed E-state index contributed by atoms with van der Waals surface area (Å²) in [6.45, 7) is 6.47. The van der Waals surface area contributed by atoms with Gasteiger partial charge >= 0.3 is 0 Å². The van der Waals surface area contributed by atoms with Crippen LogP contribution in [0.2, 0.25) is 0 Å². The van der Waals surface area contributed by atoms with Crippen molar-refractivity contribution in [3.05, 3.63) is 42.6 Å². The molecule has 1 saturated carbocycles. The van der Waals surface area contributed by atoms with E-state index in [0.717, 1.165) is 0 Å². The number of benzene rings is 1. The van der Waals surface area contributed by atoms with Crippen LogP contribution in [0.4, 0.5) is 5.69 Å². The van der Waals surface area contributed by atoms with Crippen LogP contribution in [0.25, 0.3) is 0 Å². The van der Waals surface area contributed by atoms with Crippen molar-refractivity contribution >= 4 is 36.4 Å². The predicted octanol–water partition coefficient (Wildman–Crippen LogP) is 3.58. The second-order valence-corrected chi connectivity index (χ2v) is 6.99. The van der Waals surface area contributed by atoms with Crippen LogP contribution < -0.4 is 15.8 Å². The molecule has 1 aliphatic carbocycles. The molecule has 1 aromatic carbocycles. The fourth-order valence-corrected chi connectivity index (χ4v) is 3.16. The van der Waals surface area contributed by atoms with Gasteiger partial charge in [0.1, 0.15) is 11.3 Å². The van der Waals surface area contributed by atoms with Crippen molar-refractivity contribution < 1.29 is 14.3 Å². The molecule has 2 unspecified atom stereocenters. The van der Waals surface area contributed by atoms with Crippen molar-refractivity contribution in [3.63, 3.8) is 0 Å². The quantitative estimate of drug-likeness (QED) is 0.728. The number of amides is 1. The molecule has 0 spiro atoms. The van der Waals surface area contributed by atoms with Crippen LogP contribution >= 0.6 is 24.8 Å². The second kappa shape index (κ2) is 9.52. The van der Waals surface area contributed by atoms with Gasteiger partial charge in [0.15, 0.2) is 0 Å². The van der Waals surface area contributed by atoms with Gasteiger partial charge in [0.25, 0.3) is 0 Å². The number of aromatic nitrogens is 2. The normalized spacial score (nSPS) is 22.1. The Morgan fingerprint density at radius 3 is 2.64 bits per heavy atom. The number of hydrogen-bond donors (Lipinski definition) is 2. The number of nitrogens with two attached hydrogens (primary N) is 1. The molecule has 1 aromatic heterocycles. The van der Waals surface area contributed by atoms with Gasteiger partial charge in [-0.2, -0.15) is 5.10 Å². The SMILES string of the molecule is CCOC1CC(N)(C(=O)Nc2cccc(Oc3cccnn3)c2)C1(C)C.Cl.Cl. The van der Waals surface area contributed by atoms with E-state index < -0.39 is 11.0 Å². The monoisotopic (exact) mass is 428 g/mol. The van der Waals surface area contributed by atoms with Crippen molar-refractivity contribution in [1.82, 2.24) is 10.2 Å². The number of hydrogen-bond acceptors (Lipinski definition) is 6. The standard InChI is InChI=1S/C19H24N4O3.2ClH/c1-4-25-15-12-19(20,18(15,2)3)17(24)22-13-7-5-8-14(11-13)26-16-9-6-10-21-23-16;;/h5-11,15H,4,12,20H2,1-3H3,(H,22,24);2*1H. The van der Waals surface area contributed by atoms with E-state index in [0.29, 0.717) is 30.3 Å². The highest BCUT2D eigenvalue weighted by atomic mass is 35.5. The largest absolute Gasteiger partial charge is 0.437 e. The van der Waals surface area contributed by atoms with Crippen LogP contribution in [0.15, 0.2) is 42.6 Å². The van der Waals surface area contributed by atoms with E-state index in [4.69, 9.17) is 15.2 Å². The number of nitrogens with one attached hydrogen (secondary N) is 1. The predicted molar refractivity (Wildman–Crippen MR) is 112 cm³/mol. The maximum absolute atomic E-state index is 12.8. The minimum atomic E-state index is -0.978. The number of anilines is 1. The molecule has 0 radical (unpaired) electrons. The van der Waals surface area contributed by atoms with Gasteiger partial charge in [-0.1, -0.05) is 19.9 Å². The molecule has 3 rings (SSSR count). The van der Waals surface area contributed by atoms with E-state index >= 15 is 0 Å². The molecule has 28 heavy (non-hydrogen) atoms. The first-order valence-corrected chi connectivity index (χ1v) is 8.64. The van der Waals surface area contributed by atoms with Crippen LogP contribution in [0.5, 0.6) is 11.6 Å². The maximum Gasteiger partial charge on any atom is 0.245 e. The van der Waals surface area contributed by atoms with E-state index in [2.05, 4.69) is 15.5 Å². The first kappa shape index (κ1) is 24.1. The highest BCUT2D eigenvalue weighted by Crippen LogP contribution is 2.50. The van der Waals surface area contributed by atoms with Crippen molar-refractivity contribution in [3.8, 4) is 11.6 Å². The second-order valence-electron chi connectivity index (χ2n) is 6.99. The van der Waals surface area contributed by atoms with Crippen molar-refractivity contribution in [2.24, 2.45) is 11.1 Å². The summed E-state index contributed by atoms with van der Waals surface area (Å²) >= 11 is 0. The zero-order valence-electron chi connectivity index (χ0n) is 16.0. The molecule has 0 saturated heterocycles. The Morgan fingerprint density at radius 1 is 1.29 bits per heavy atom. The lowest BCUT2D eigenvalue weighted by Crippen LogP contribution is -2.74. The molecular weight excluding hydrogens is 403 g/mol. The van der Waals surface area contributed by atoms with Crippen LogP contribution in [0, 0.1) is 5.41 Å². The third-order valence-electron chi connectivity index (χ3n) is 5.10. The van der Waals surface area contributed by atoms with Gasteiger partial charge in [-0.25, -0.2) is 0 Å². The summed E-state index contributed by atoms with van der Waals surface area (Å²) in [6.07, 6.45) is 2.05. The number of carbonyl (C=O) groups is 1. The molecule has 9 heteroatoms. The average molecular weight is 429 g/mol. The van der Waals surface area contributed by atoms with Crippen molar-refractivity contribution in [2.75, 3.05) is 11.9 Å². The first-order chi connectivity index (χ1) is 12.4. The zero-order chi connectivity index (χ0) is 18.8. The summed E-state index contributed by atoms with van der Waals surface area (Å²) < 4.78 is 11.3. The third-order valence-corrected chi connectivity index (χ3v) is 5.10. The molecule has 0 bridgehead atoms. The molecule has 3 N–H and O–H groups in total. The Bertz CT molecular complexity index is 792. The highest BCUT2D eigenvalue weighted by molar-refractivity contribution is 5.99. The Morgan fingerprint density at radius 2 is 2.04 bits per heavy atom.